The lowest BCUT2D eigenvalue weighted by atomic mass is 10.2. The average Bonchev–Trinajstić information content (AvgIpc) is 3.35. The van der Waals surface area contributed by atoms with Gasteiger partial charge >= 0.3 is 0 Å². The zero-order valence-electron chi connectivity index (χ0n) is 18.5. The van der Waals surface area contributed by atoms with Crippen molar-refractivity contribution < 1.29 is 18.8 Å². The number of anilines is 2. The lowest BCUT2D eigenvalue weighted by Gasteiger charge is -2.10. The van der Waals surface area contributed by atoms with Crippen molar-refractivity contribution in [1.29, 1.82) is 0 Å². The molecule has 0 bridgehead atoms. The summed E-state index contributed by atoms with van der Waals surface area (Å²) in [4.78, 5) is 36.7. The molecule has 8 heteroatoms. The molecule has 0 atom stereocenters. The van der Waals surface area contributed by atoms with Crippen LogP contribution in [0.3, 0.4) is 0 Å². The SMILES string of the molecule is CCCCNC(=O)c1ccc(NCC(=O)Nc2cccc(C(=O)NCc3ccco3)c2)cc1. The Morgan fingerprint density at radius 1 is 0.848 bits per heavy atom. The minimum Gasteiger partial charge on any atom is -0.467 e. The highest BCUT2D eigenvalue weighted by molar-refractivity contribution is 5.98. The van der Waals surface area contributed by atoms with Gasteiger partial charge in [-0.1, -0.05) is 19.4 Å². The van der Waals surface area contributed by atoms with Crippen LogP contribution in [-0.4, -0.2) is 30.8 Å². The van der Waals surface area contributed by atoms with E-state index in [9.17, 15) is 14.4 Å². The third kappa shape index (κ3) is 7.53. The third-order valence-electron chi connectivity index (χ3n) is 4.83. The van der Waals surface area contributed by atoms with E-state index in [0.717, 1.165) is 18.5 Å². The molecular weight excluding hydrogens is 420 g/mol. The van der Waals surface area contributed by atoms with Gasteiger partial charge < -0.3 is 25.7 Å². The van der Waals surface area contributed by atoms with Crippen molar-refractivity contribution in [2.45, 2.75) is 26.3 Å². The van der Waals surface area contributed by atoms with Crippen molar-refractivity contribution in [3.05, 3.63) is 83.8 Å². The summed E-state index contributed by atoms with van der Waals surface area (Å²) >= 11 is 0. The Morgan fingerprint density at radius 3 is 2.36 bits per heavy atom. The summed E-state index contributed by atoms with van der Waals surface area (Å²) in [7, 11) is 0. The predicted octanol–water partition coefficient (Wildman–Crippen LogP) is 3.79. The fourth-order valence-electron chi connectivity index (χ4n) is 3.03. The van der Waals surface area contributed by atoms with Crippen LogP contribution in [0.2, 0.25) is 0 Å². The predicted molar refractivity (Wildman–Crippen MR) is 127 cm³/mol. The van der Waals surface area contributed by atoms with Crippen LogP contribution in [0, 0.1) is 0 Å². The molecule has 0 fully saturated rings. The monoisotopic (exact) mass is 448 g/mol. The Balaban J connectivity index is 1.46. The van der Waals surface area contributed by atoms with Crippen molar-refractivity contribution in [2.24, 2.45) is 0 Å². The number of furan rings is 1. The van der Waals surface area contributed by atoms with Crippen LogP contribution >= 0.6 is 0 Å². The van der Waals surface area contributed by atoms with Crippen LogP contribution in [0.4, 0.5) is 11.4 Å². The van der Waals surface area contributed by atoms with Gasteiger partial charge in [-0.2, -0.15) is 0 Å². The van der Waals surface area contributed by atoms with E-state index in [2.05, 4.69) is 28.2 Å². The normalized spacial score (nSPS) is 10.3. The lowest BCUT2D eigenvalue weighted by Crippen LogP contribution is -2.24. The van der Waals surface area contributed by atoms with Crippen LogP contribution in [0.15, 0.2) is 71.3 Å². The van der Waals surface area contributed by atoms with Crippen LogP contribution in [0.5, 0.6) is 0 Å². The van der Waals surface area contributed by atoms with E-state index in [4.69, 9.17) is 4.42 Å². The molecule has 0 aliphatic heterocycles. The first kappa shape index (κ1) is 23.6. The number of hydrogen-bond acceptors (Lipinski definition) is 5. The summed E-state index contributed by atoms with van der Waals surface area (Å²) in [5.41, 5.74) is 2.25. The summed E-state index contributed by atoms with van der Waals surface area (Å²) in [6, 6.07) is 17.2. The highest BCUT2D eigenvalue weighted by atomic mass is 16.3. The van der Waals surface area contributed by atoms with E-state index in [1.165, 1.54) is 0 Å². The van der Waals surface area contributed by atoms with E-state index in [0.29, 0.717) is 29.1 Å². The highest BCUT2D eigenvalue weighted by Gasteiger charge is 2.09. The largest absolute Gasteiger partial charge is 0.467 e. The Bertz CT molecular complexity index is 1060. The minimum absolute atomic E-state index is 0.0387. The van der Waals surface area contributed by atoms with Gasteiger partial charge in [-0.15, -0.1) is 0 Å². The number of rotatable bonds is 11. The number of carbonyl (C=O) groups is 3. The zero-order chi connectivity index (χ0) is 23.5. The van der Waals surface area contributed by atoms with Gasteiger partial charge in [0.2, 0.25) is 5.91 Å². The molecule has 0 spiro atoms. The van der Waals surface area contributed by atoms with Gasteiger partial charge in [0.1, 0.15) is 5.76 Å². The van der Waals surface area contributed by atoms with Crippen molar-refractivity contribution in [1.82, 2.24) is 10.6 Å². The van der Waals surface area contributed by atoms with E-state index in [1.54, 1.807) is 66.9 Å². The van der Waals surface area contributed by atoms with Crippen LogP contribution in [0.25, 0.3) is 0 Å². The summed E-state index contributed by atoms with van der Waals surface area (Å²) in [6.07, 6.45) is 3.51. The van der Waals surface area contributed by atoms with Gasteiger partial charge in [-0.05, 0) is 61.0 Å². The van der Waals surface area contributed by atoms with Crippen molar-refractivity contribution in [3.8, 4) is 0 Å². The second-order valence-electron chi connectivity index (χ2n) is 7.43. The smallest absolute Gasteiger partial charge is 0.251 e. The molecule has 0 saturated carbocycles. The maximum atomic E-state index is 12.3. The van der Waals surface area contributed by atoms with Gasteiger partial charge in [-0.3, -0.25) is 14.4 Å². The molecule has 0 unspecified atom stereocenters. The Hall–Kier alpha value is -4.07. The van der Waals surface area contributed by atoms with E-state index in [-0.39, 0.29) is 30.8 Å². The van der Waals surface area contributed by atoms with Crippen LogP contribution < -0.4 is 21.3 Å². The van der Waals surface area contributed by atoms with Gasteiger partial charge in [0.05, 0.1) is 19.4 Å². The summed E-state index contributed by atoms with van der Waals surface area (Å²) in [5.74, 6) is 0.0221. The van der Waals surface area contributed by atoms with Crippen molar-refractivity contribution in [3.63, 3.8) is 0 Å². The Labute approximate surface area is 192 Å². The maximum absolute atomic E-state index is 12.3. The summed E-state index contributed by atoms with van der Waals surface area (Å²) < 4.78 is 5.20. The number of amides is 3. The molecule has 1 aromatic heterocycles. The first-order valence-corrected chi connectivity index (χ1v) is 10.9. The fraction of sp³-hybridized carbons (Fsp3) is 0.240. The summed E-state index contributed by atoms with van der Waals surface area (Å²) in [5, 5.41) is 11.4. The van der Waals surface area contributed by atoms with E-state index < -0.39 is 0 Å². The second kappa shape index (κ2) is 12.1. The number of unbranched alkanes of at least 4 members (excludes halogenated alkanes) is 1. The molecule has 0 aliphatic rings. The molecule has 0 saturated heterocycles. The molecule has 33 heavy (non-hydrogen) atoms. The van der Waals surface area contributed by atoms with Gasteiger partial charge in [0.25, 0.3) is 11.8 Å². The Morgan fingerprint density at radius 2 is 1.64 bits per heavy atom. The quantitative estimate of drug-likeness (QED) is 0.334. The molecule has 0 radical (unpaired) electrons. The van der Waals surface area contributed by atoms with E-state index >= 15 is 0 Å². The highest BCUT2D eigenvalue weighted by Crippen LogP contribution is 2.12. The molecule has 1 heterocycles. The third-order valence-corrected chi connectivity index (χ3v) is 4.83. The van der Waals surface area contributed by atoms with E-state index in [1.807, 2.05) is 0 Å². The first-order chi connectivity index (χ1) is 16.0. The standard InChI is InChI=1S/C25H28N4O4/c1-2-3-13-26-24(31)18-9-11-20(12-10-18)27-17-23(30)29-21-7-4-6-19(15-21)25(32)28-16-22-8-5-14-33-22/h4-12,14-15,27H,2-3,13,16-17H2,1H3,(H,26,31)(H,28,32)(H,29,30). The molecule has 4 N–H and O–H groups in total. The minimum atomic E-state index is -0.264. The van der Waals surface area contributed by atoms with Gasteiger partial charge in [0.15, 0.2) is 0 Å². The molecular formula is C25H28N4O4. The van der Waals surface area contributed by atoms with Crippen LogP contribution in [-0.2, 0) is 11.3 Å². The van der Waals surface area contributed by atoms with Crippen molar-refractivity contribution >= 4 is 29.1 Å². The molecule has 3 aromatic rings. The molecule has 3 amide bonds. The second-order valence-corrected chi connectivity index (χ2v) is 7.43. The molecule has 0 aliphatic carbocycles. The summed E-state index contributed by atoms with van der Waals surface area (Å²) in [6.45, 7) is 3.05. The molecule has 172 valence electrons. The average molecular weight is 449 g/mol. The zero-order valence-corrected chi connectivity index (χ0v) is 18.5. The molecule has 2 aromatic carbocycles. The Kier molecular flexibility index (Phi) is 8.64. The first-order valence-electron chi connectivity index (χ1n) is 10.9. The van der Waals surface area contributed by atoms with Gasteiger partial charge in [0, 0.05) is 29.0 Å². The fourth-order valence-corrected chi connectivity index (χ4v) is 3.03. The number of hydrogen-bond donors (Lipinski definition) is 4. The topological polar surface area (TPSA) is 112 Å². The number of nitrogens with one attached hydrogen (secondary N) is 4. The number of carbonyl (C=O) groups excluding carboxylic acids is 3. The van der Waals surface area contributed by atoms with Crippen LogP contribution in [0.1, 0.15) is 46.2 Å². The number of benzene rings is 2. The maximum Gasteiger partial charge on any atom is 0.251 e. The lowest BCUT2D eigenvalue weighted by molar-refractivity contribution is -0.114. The molecule has 8 nitrogen and oxygen atoms in total. The van der Waals surface area contributed by atoms with Crippen molar-refractivity contribution in [2.75, 3.05) is 23.7 Å². The van der Waals surface area contributed by atoms with Gasteiger partial charge in [-0.25, -0.2) is 0 Å². The molecule has 3 rings (SSSR count).